The lowest BCUT2D eigenvalue weighted by molar-refractivity contribution is -0.177. The molecule has 3 aromatic rings. The fourth-order valence-electron chi connectivity index (χ4n) is 4.52. The van der Waals surface area contributed by atoms with Gasteiger partial charge in [-0.1, -0.05) is 18.2 Å². The van der Waals surface area contributed by atoms with Gasteiger partial charge in [-0.15, -0.1) is 0 Å². The fourth-order valence-corrected chi connectivity index (χ4v) is 4.52. The number of halogens is 3. The normalized spacial score (nSPS) is 18.3. The molecule has 11 nitrogen and oxygen atoms in total. The minimum absolute atomic E-state index is 0.148. The van der Waals surface area contributed by atoms with Gasteiger partial charge in [0.1, 0.15) is 23.6 Å². The fraction of sp³-hybridized carbons (Fsp3) is 0.448. The molecule has 0 spiro atoms. The second-order valence-corrected chi connectivity index (χ2v) is 11.0. The second kappa shape index (κ2) is 12.9. The minimum Gasteiger partial charge on any atom is -0.444 e. The van der Waals surface area contributed by atoms with Crippen molar-refractivity contribution in [3.63, 3.8) is 0 Å². The third kappa shape index (κ3) is 7.94. The molecule has 3 atom stereocenters. The van der Waals surface area contributed by atoms with Crippen molar-refractivity contribution in [2.75, 3.05) is 19.7 Å². The summed E-state index contributed by atoms with van der Waals surface area (Å²) in [6, 6.07) is 10.1. The van der Waals surface area contributed by atoms with E-state index < -0.39 is 60.6 Å². The number of benzene rings is 2. The number of nitrogens with one attached hydrogen (secondary N) is 1. The monoisotopic (exact) mass is 604 g/mol. The summed E-state index contributed by atoms with van der Waals surface area (Å²) < 4.78 is 62.7. The summed E-state index contributed by atoms with van der Waals surface area (Å²) in [5.41, 5.74) is 1.34. The van der Waals surface area contributed by atoms with Crippen LogP contribution < -0.4 is 11.1 Å². The molecule has 1 N–H and O–H groups in total. The Balaban J connectivity index is 1.46. The number of hydrogen-bond donors (Lipinski definition) is 1. The van der Waals surface area contributed by atoms with Gasteiger partial charge in [-0.05, 0) is 55.7 Å². The van der Waals surface area contributed by atoms with E-state index in [0.29, 0.717) is 22.2 Å². The Morgan fingerprint density at radius 3 is 2.51 bits per heavy atom. The van der Waals surface area contributed by atoms with E-state index in [0.717, 1.165) is 4.90 Å². The van der Waals surface area contributed by atoms with Crippen LogP contribution in [0.15, 0.2) is 45.6 Å². The number of ether oxygens (including phenoxy) is 3. The predicted octanol–water partition coefficient (Wildman–Crippen LogP) is 3.73. The number of rotatable bonds is 7. The molecular formula is C29H31F3N4O7. The summed E-state index contributed by atoms with van der Waals surface area (Å²) in [7, 11) is 1.56. The lowest BCUT2D eigenvalue weighted by Crippen LogP contribution is -2.49. The average Bonchev–Trinajstić information content (AvgIpc) is 3.07. The van der Waals surface area contributed by atoms with Gasteiger partial charge in [0.15, 0.2) is 11.7 Å². The molecule has 1 fully saturated rings. The Labute approximate surface area is 244 Å². The van der Waals surface area contributed by atoms with Gasteiger partial charge in [0.25, 0.3) is 5.91 Å². The topological polar surface area (TPSA) is 136 Å². The summed E-state index contributed by atoms with van der Waals surface area (Å²) in [5.74, 6) is -1.94. The van der Waals surface area contributed by atoms with Crippen LogP contribution in [0.5, 0.6) is 0 Å². The number of alkyl halides is 2. The molecule has 14 heteroatoms. The van der Waals surface area contributed by atoms with Gasteiger partial charge in [-0.3, -0.25) is 9.36 Å². The van der Waals surface area contributed by atoms with E-state index in [2.05, 4.69) is 10.1 Å². The lowest BCUT2D eigenvalue weighted by atomic mass is 10.00. The zero-order valence-electron chi connectivity index (χ0n) is 23.9. The maximum atomic E-state index is 15.1. The highest BCUT2D eigenvalue weighted by molar-refractivity contribution is 5.83. The van der Waals surface area contributed by atoms with Crippen molar-refractivity contribution in [3.05, 3.63) is 58.3 Å². The van der Waals surface area contributed by atoms with Crippen LogP contribution in [0.2, 0.25) is 0 Å². The van der Waals surface area contributed by atoms with Crippen molar-refractivity contribution in [1.82, 2.24) is 14.8 Å². The SMILES string of the molecule is Cn1c(=O)oc2ccc(-c3ccc(C[C@@H](C#N)NC(=O)[C@@H]4CN(C(=O)OC(C)(C)C)C[C@@H](OC(F)F)CO4)c(F)c3)cc21. The van der Waals surface area contributed by atoms with Crippen LogP contribution >= 0.6 is 0 Å². The Morgan fingerprint density at radius 1 is 1.16 bits per heavy atom. The standard InChI is InChI=1S/C29H31F3N4O7/c1-29(2,3)43-28(39)36-13-20(41-26(31)32)15-40-24(14-36)25(37)34-19(12-33)9-18-6-5-16(10-21(18)30)17-7-8-23-22(11-17)35(4)27(38)42-23/h5-8,10-11,19-20,24,26H,9,13-15H2,1-4H3,(H,34,37)/t19-,20+,24-/m0/s1. The summed E-state index contributed by atoms with van der Waals surface area (Å²) in [5, 5.41) is 12.2. The summed E-state index contributed by atoms with van der Waals surface area (Å²) >= 11 is 0. The van der Waals surface area contributed by atoms with Crippen LogP contribution in [0.4, 0.5) is 18.0 Å². The third-order valence-corrected chi connectivity index (χ3v) is 6.61. The zero-order chi connectivity index (χ0) is 31.5. The molecule has 0 aliphatic carbocycles. The number of nitrogens with zero attached hydrogens (tertiary/aromatic N) is 3. The number of fused-ring (bicyclic) bond motifs is 1. The largest absolute Gasteiger partial charge is 0.444 e. The highest BCUT2D eigenvalue weighted by Gasteiger charge is 2.35. The van der Waals surface area contributed by atoms with E-state index in [4.69, 9.17) is 13.9 Å². The van der Waals surface area contributed by atoms with Gasteiger partial charge >= 0.3 is 18.5 Å². The first-order chi connectivity index (χ1) is 20.2. The Bertz CT molecular complexity index is 1590. The lowest BCUT2D eigenvalue weighted by Gasteiger charge is -2.28. The van der Waals surface area contributed by atoms with Crippen LogP contribution in [0.3, 0.4) is 0 Å². The first-order valence-corrected chi connectivity index (χ1v) is 13.4. The Morgan fingerprint density at radius 2 is 1.86 bits per heavy atom. The zero-order valence-corrected chi connectivity index (χ0v) is 23.9. The van der Waals surface area contributed by atoms with E-state index in [9.17, 15) is 28.4 Å². The number of nitriles is 1. The van der Waals surface area contributed by atoms with Crippen molar-refractivity contribution in [1.29, 1.82) is 5.26 Å². The summed E-state index contributed by atoms with van der Waals surface area (Å²) in [6.07, 6.45) is -3.62. The van der Waals surface area contributed by atoms with E-state index in [1.54, 1.807) is 52.1 Å². The van der Waals surface area contributed by atoms with Gasteiger partial charge in [-0.25, -0.2) is 14.0 Å². The maximum absolute atomic E-state index is 15.1. The van der Waals surface area contributed by atoms with E-state index in [1.165, 1.54) is 16.7 Å². The molecule has 2 aromatic carbocycles. The molecule has 1 aromatic heterocycles. The average molecular weight is 605 g/mol. The molecule has 2 heterocycles. The van der Waals surface area contributed by atoms with Crippen LogP contribution in [0, 0.1) is 17.1 Å². The first kappa shape index (κ1) is 31.6. The van der Waals surface area contributed by atoms with E-state index in [1.807, 2.05) is 6.07 Å². The molecular weight excluding hydrogens is 573 g/mol. The van der Waals surface area contributed by atoms with Crippen molar-refractivity contribution < 1.29 is 41.4 Å². The number of hydrogen-bond acceptors (Lipinski definition) is 8. The van der Waals surface area contributed by atoms with Gasteiger partial charge in [0.2, 0.25) is 0 Å². The molecule has 43 heavy (non-hydrogen) atoms. The van der Waals surface area contributed by atoms with Gasteiger partial charge in [-0.2, -0.15) is 14.0 Å². The molecule has 1 aliphatic heterocycles. The van der Waals surface area contributed by atoms with Crippen LogP contribution in [0.25, 0.3) is 22.2 Å². The molecule has 1 saturated heterocycles. The Kier molecular flexibility index (Phi) is 9.46. The van der Waals surface area contributed by atoms with Crippen molar-refractivity contribution >= 4 is 23.1 Å². The molecule has 1 aliphatic rings. The molecule has 0 saturated carbocycles. The maximum Gasteiger partial charge on any atom is 0.419 e. The molecule has 0 bridgehead atoms. The Hall–Kier alpha value is -4.35. The van der Waals surface area contributed by atoms with Crippen molar-refractivity contribution in [2.45, 2.75) is 57.7 Å². The predicted molar refractivity (Wildman–Crippen MR) is 147 cm³/mol. The van der Waals surface area contributed by atoms with Gasteiger partial charge in [0, 0.05) is 13.5 Å². The van der Waals surface area contributed by atoms with Gasteiger partial charge in [0.05, 0.1) is 31.3 Å². The van der Waals surface area contributed by atoms with Crippen LogP contribution in [-0.4, -0.2) is 71.6 Å². The first-order valence-electron chi connectivity index (χ1n) is 13.4. The van der Waals surface area contributed by atoms with Crippen molar-refractivity contribution in [3.8, 4) is 17.2 Å². The van der Waals surface area contributed by atoms with Crippen molar-refractivity contribution in [2.24, 2.45) is 7.05 Å². The molecule has 230 valence electrons. The van der Waals surface area contributed by atoms with Crippen LogP contribution in [0.1, 0.15) is 26.3 Å². The molecule has 0 radical (unpaired) electrons. The number of aryl methyl sites for hydroxylation is 1. The van der Waals surface area contributed by atoms with Gasteiger partial charge < -0.3 is 28.8 Å². The van der Waals surface area contributed by atoms with Crippen LogP contribution in [-0.2, 0) is 32.5 Å². The number of amides is 2. The molecule has 4 rings (SSSR count). The number of oxazole rings is 1. The van der Waals surface area contributed by atoms with E-state index in [-0.39, 0.29) is 25.1 Å². The second-order valence-electron chi connectivity index (χ2n) is 11.0. The smallest absolute Gasteiger partial charge is 0.419 e. The molecule has 0 unspecified atom stereocenters. The third-order valence-electron chi connectivity index (χ3n) is 6.61. The molecule has 2 amide bonds. The van der Waals surface area contributed by atoms with E-state index >= 15 is 4.39 Å². The quantitative estimate of drug-likeness (QED) is 0.431. The number of carbonyl (C=O) groups excluding carboxylic acids is 2. The highest BCUT2D eigenvalue weighted by atomic mass is 19.3. The number of aromatic nitrogens is 1. The number of carbonyl (C=O) groups is 2. The minimum atomic E-state index is -3.13. The highest BCUT2D eigenvalue weighted by Crippen LogP contribution is 2.26. The summed E-state index contributed by atoms with van der Waals surface area (Å²) in [4.78, 5) is 38.6. The summed E-state index contributed by atoms with van der Waals surface area (Å²) in [6.45, 7) is 0.659.